The Labute approximate surface area is 89.6 Å². The lowest BCUT2D eigenvalue weighted by atomic mass is 10.1. The number of carboxylic acids is 1. The van der Waals surface area contributed by atoms with E-state index in [2.05, 4.69) is 4.98 Å². The van der Waals surface area contributed by atoms with Crippen LogP contribution in [-0.4, -0.2) is 25.6 Å². The van der Waals surface area contributed by atoms with Gasteiger partial charge in [0.25, 0.3) is 0 Å². The molecule has 0 saturated carbocycles. The van der Waals surface area contributed by atoms with Gasteiger partial charge >= 0.3 is 5.97 Å². The first-order valence-corrected chi connectivity index (χ1v) is 5.29. The maximum Gasteiger partial charge on any atom is 0.306 e. The summed E-state index contributed by atoms with van der Waals surface area (Å²) in [7, 11) is 0. The van der Waals surface area contributed by atoms with E-state index in [-0.39, 0.29) is 6.42 Å². The average Bonchev–Trinajstić information content (AvgIpc) is 2.60. The summed E-state index contributed by atoms with van der Waals surface area (Å²) in [6.07, 6.45) is 0.470. The molecule has 6 heteroatoms. The molecular weight excluding hydrogens is 216 g/mol. The van der Waals surface area contributed by atoms with E-state index in [0.29, 0.717) is 11.4 Å². The van der Waals surface area contributed by atoms with Gasteiger partial charge in [-0.15, -0.1) is 11.3 Å². The van der Waals surface area contributed by atoms with Gasteiger partial charge in [-0.1, -0.05) is 0 Å². The van der Waals surface area contributed by atoms with Crippen LogP contribution < -0.4 is 0 Å². The first-order valence-electron chi connectivity index (χ1n) is 4.41. The number of hydrogen-bond donors (Lipinski definition) is 2. The van der Waals surface area contributed by atoms with Crippen molar-refractivity contribution in [2.24, 2.45) is 0 Å². The van der Waals surface area contributed by atoms with Crippen LogP contribution in [0, 0.1) is 6.92 Å². The number of hydrogen-bond acceptors (Lipinski definition) is 4. The minimum atomic E-state index is -1.02. The van der Waals surface area contributed by atoms with Crippen molar-refractivity contribution in [1.29, 1.82) is 0 Å². The van der Waals surface area contributed by atoms with Crippen LogP contribution in [0.3, 0.4) is 0 Å². The fourth-order valence-electron chi connectivity index (χ4n) is 1.58. The van der Waals surface area contributed by atoms with E-state index in [9.17, 15) is 9.90 Å². The normalized spacial score (nSPS) is 13.2. The summed E-state index contributed by atoms with van der Waals surface area (Å²) in [6, 6.07) is 0. The highest BCUT2D eigenvalue weighted by atomic mass is 32.1. The van der Waals surface area contributed by atoms with E-state index in [1.54, 1.807) is 17.5 Å². The standard InChI is InChI=1S/C9H10N2O3S/c1-5-8(6(12)4-7(13)14)11-2-3-15-9(11)10-5/h2-3,6,12H,4H2,1H3,(H,13,14)/t6-/m1/s1. The SMILES string of the molecule is Cc1nc2sccn2c1[C@H](O)CC(=O)O. The summed E-state index contributed by atoms with van der Waals surface area (Å²) in [4.78, 5) is 15.5. The maximum atomic E-state index is 10.5. The Bertz CT molecular complexity index is 502. The second-order valence-electron chi connectivity index (χ2n) is 3.25. The van der Waals surface area contributed by atoms with Gasteiger partial charge in [-0.25, -0.2) is 4.98 Å². The zero-order valence-corrected chi connectivity index (χ0v) is 8.86. The Morgan fingerprint density at radius 2 is 2.47 bits per heavy atom. The molecule has 0 spiro atoms. The highest BCUT2D eigenvalue weighted by Gasteiger charge is 2.20. The second kappa shape index (κ2) is 3.63. The molecule has 0 amide bonds. The molecular formula is C9H10N2O3S. The van der Waals surface area contributed by atoms with Gasteiger partial charge in [0.1, 0.15) is 6.10 Å². The molecule has 2 aromatic rings. The molecule has 5 nitrogen and oxygen atoms in total. The van der Waals surface area contributed by atoms with E-state index in [1.165, 1.54) is 11.3 Å². The van der Waals surface area contributed by atoms with Crippen LogP contribution in [0.25, 0.3) is 4.96 Å². The number of carbonyl (C=O) groups is 1. The van der Waals surface area contributed by atoms with E-state index in [1.807, 2.05) is 5.38 Å². The number of aliphatic hydroxyl groups excluding tert-OH is 1. The summed E-state index contributed by atoms with van der Waals surface area (Å²) in [5, 5.41) is 20.2. The molecule has 80 valence electrons. The van der Waals surface area contributed by atoms with Gasteiger partial charge < -0.3 is 10.2 Å². The third kappa shape index (κ3) is 1.73. The average molecular weight is 226 g/mol. The lowest BCUT2D eigenvalue weighted by Crippen LogP contribution is -2.08. The van der Waals surface area contributed by atoms with Crippen LogP contribution in [0.4, 0.5) is 0 Å². The Morgan fingerprint density at radius 3 is 3.13 bits per heavy atom. The first-order chi connectivity index (χ1) is 7.09. The number of aryl methyl sites for hydroxylation is 1. The summed E-state index contributed by atoms with van der Waals surface area (Å²) >= 11 is 1.45. The van der Waals surface area contributed by atoms with E-state index in [4.69, 9.17) is 5.11 Å². The largest absolute Gasteiger partial charge is 0.481 e. The van der Waals surface area contributed by atoms with Crippen LogP contribution >= 0.6 is 11.3 Å². The summed E-state index contributed by atoms with van der Waals surface area (Å²) in [6.45, 7) is 1.76. The molecule has 0 radical (unpaired) electrons. The minimum absolute atomic E-state index is 0.301. The Kier molecular flexibility index (Phi) is 2.45. The van der Waals surface area contributed by atoms with E-state index in [0.717, 1.165) is 4.96 Å². The Balaban J connectivity index is 2.44. The van der Waals surface area contributed by atoms with Gasteiger partial charge in [-0.3, -0.25) is 9.20 Å². The quantitative estimate of drug-likeness (QED) is 0.825. The predicted molar refractivity (Wildman–Crippen MR) is 55.0 cm³/mol. The molecule has 15 heavy (non-hydrogen) atoms. The smallest absolute Gasteiger partial charge is 0.306 e. The molecule has 0 bridgehead atoms. The van der Waals surface area contributed by atoms with Gasteiger partial charge in [-0.2, -0.15) is 0 Å². The molecule has 1 atom stereocenters. The predicted octanol–water partition coefficient (Wildman–Crippen LogP) is 1.21. The number of rotatable bonds is 3. The van der Waals surface area contributed by atoms with Crippen molar-refractivity contribution in [2.75, 3.05) is 0 Å². The molecule has 0 saturated heterocycles. The minimum Gasteiger partial charge on any atom is -0.481 e. The number of aliphatic carboxylic acids is 1. The fraction of sp³-hybridized carbons (Fsp3) is 0.333. The molecule has 2 heterocycles. The van der Waals surface area contributed by atoms with Crippen LogP contribution in [0.5, 0.6) is 0 Å². The number of fused-ring (bicyclic) bond motifs is 1. The number of nitrogens with zero attached hydrogens (tertiary/aromatic N) is 2. The van der Waals surface area contributed by atoms with Gasteiger partial charge in [0.15, 0.2) is 4.96 Å². The Hall–Kier alpha value is -1.40. The molecule has 0 fully saturated rings. The summed E-state index contributed by atoms with van der Waals surface area (Å²) in [5.41, 5.74) is 1.24. The molecule has 2 aromatic heterocycles. The maximum absolute atomic E-state index is 10.5. The molecule has 0 aliphatic carbocycles. The van der Waals surface area contributed by atoms with Crippen LogP contribution in [0.15, 0.2) is 11.6 Å². The number of aliphatic hydroxyl groups is 1. The van der Waals surface area contributed by atoms with Crippen molar-refractivity contribution >= 4 is 22.3 Å². The van der Waals surface area contributed by atoms with Gasteiger partial charge in [0.05, 0.1) is 17.8 Å². The number of thiazole rings is 1. The first kappa shape index (κ1) is 10.1. The zero-order chi connectivity index (χ0) is 11.0. The highest BCUT2D eigenvalue weighted by Crippen LogP contribution is 2.24. The summed E-state index contributed by atoms with van der Waals surface area (Å²) in [5.74, 6) is -1.02. The van der Waals surface area contributed by atoms with Crippen molar-refractivity contribution in [2.45, 2.75) is 19.4 Å². The fourth-order valence-corrected chi connectivity index (χ4v) is 2.34. The highest BCUT2D eigenvalue weighted by molar-refractivity contribution is 7.15. The summed E-state index contributed by atoms with van der Waals surface area (Å²) < 4.78 is 1.73. The van der Waals surface area contributed by atoms with Crippen LogP contribution in [0.2, 0.25) is 0 Å². The van der Waals surface area contributed by atoms with Crippen molar-refractivity contribution in [1.82, 2.24) is 9.38 Å². The van der Waals surface area contributed by atoms with Gasteiger partial charge in [0, 0.05) is 11.6 Å². The number of carboxylic acid groups (broad SMARTS) is 1. The third-order valence-electron chi connectivity index (χ3n) is 2.17. The van der Waals surface area contributed by atoms with Crippen molar-refractivity contribution in [3.05, 3.63) is 23.0 Å². The van der Waals surface area contributed by atoms with Crippen molar-refractivity contribution in [3.8, 4) is 0 Å². The van der Waals surface area contributed by atoms with Gasteiger partial charge in [0.2, 0.25) is 0 Å². The second-order valence-corrected chi connectivity index (χ2v) is 4.12. The van der Waals surface area contributed by atoms with Gasteiger partial charge in [-0.05, 0) is 6.92 Å². The lowest BCUT2D eigenvalue weighted by Gasteiger charge is -2.07. The molecule has 0 aromatic carbocycles. The molecule has 0 unspecified atom stereocenters. The third-order valence-corrected chi connectivity index (χ3v) is 2.92. The molecule has 2 rings (SSSR count). The van der Waals surface area contributed by atoms with Crippen molar-refractivity contribution < 1.29 is 15.0 Å². The molecule has 0 aliphatic heterocycles. The number of imidazole rings is 1. The molecule has 0 aliphatic rings. The monoisotopic (exact) mass is 226 g/mol. The number of aromatic nitrogens is 2. The van der Waals surface area contributed by atoms with E-state index < -0.39 is 12.1 Å². The lowest BCUT2D eigenvalue weighted by molar-refractivity contribution is -0.139. The van der Waals surface area contributed by atoms with Crippen LogP contribution in [-0.2, 0) is 4.79 Å². The molecule has 2 N–H and O–H groups in total. The zero-order valence-electron chi connectivity index (χ0n) is 8.04. The Morgan fingerprint density at radius 1 is 1.73 bits per heavy atom. The van der Waals surface area contributed by atoms with E-state index >= 15 is 0 Å². The van der Waals surface area contributed by atoms with Crippen LogP contribution in [0.1, 0.15) is 23.9 Å². The van der Waals surface area contributed by atoms with Crippen molar-refractivity contribution in [3.63, 3.8) is 0 Å². The topological polar surface area (TPSA) is 74.8 Å².